The fraction of sp³-hybridized carbons (Fsp3) is 0.318. The number of amides is 2. The van der Waals surface area contributed by atoms with Gasteiger partial charge in [0.05, 0.1) is 12.1 Å². The lowest BCUT2D eigenvalue weighted by molar-refractivity contribution is -0.135. The van der Waals surface area contributed by atoms with Crippen molar-refractivity contribution in [3.05, 3.63) is 71.3 Å². The standard InChI is InChI=1S/C22H21F2N3O3/c23-16-6-7-18(19(24)12-16)20-13-17(30-25-20)14-21(28)26-8-10-27(11-9-26)22(29)15-4-2-1-3-5-15/h1-7,12,17H,8-11,13-14H2. The summed E-state index contributed by atoms with van der Waals surface area (Å²) in [5.74, 6) is -1.50. The number of piperazine rings is 1. The van der Waals surface area contributed by atoms with E-state index in [0.717, 1.165) is 12.1 Å². The van der Waals surface area contributed by atoms with E-state index in [1.807, 2.05) is 18.2 Å². The summed E-state index contributed by atoms with van der Waals surface area (Å²) in [5, 5.41) is 3.88. The van der Waals surface area contributed by atoms with Crippen molar-refractivity contribution in [1.82, 2.24) is 9.80 Å². The zero-order chi connectivity index (χ0) is 21.1. The molecule has 2 aromatic rings. The molecule has 1 fully saturated rings. The van der Waals surface area contributed by atoms with E-state index in [9.17, 15) is 18.4 Å². The molecule has 8 heteroatoms. The molecule has 0 bridgehead atoms. The predicted octanol–water partition coefficient (Wildman–Crippen LogP) is 2.83. The minimum Gasteiger partial charge on any atom is -0.391 e. The molecule has 2 aliphatic heterocycles. The van der Waals surface area contributed by atoms with E-state index >= 15 is 0 Å². The van der Waals surface area contributed by atoms with Gasteiger partial charge in [-0.2, -0.15) is 0 Å². The number of hydrogen-bond donors (Lipinski definition) is 0. The Morgan fingerprint density at radius 2 is 1.70 bits per heavy atom. The number of carbonyl (C=O) groups excluding carboxylic acids is 2. The van der Waals surface area contributed by atoms with Gasteiger partial charge in [-0.05, 0) is 24.3 Å². The average molecular weight is 413 g/mol. The van der Waals surface area contributed by atoms with Crippen LogP contribution in [0, 0.1) is 11.6 Å². The summed E-state index contributed by atoms with van der Waals surface area (Å²) < 4.78 is 27.0. The molecule has 0 saturated carbocycles. The molecule has 0 aliphatic carbocycles. The first-order chi connectivity index (χ1) is 14.5. The number of rotatable bonds is 4. The summed E-state index contributed by atoms with van der Waals surface area (Å²) in [6, 6.07) is 12.3. The minimum atomic E-state index is -0.705. The fourth-order valence-corrected chi connectivity index (χ4v) is 3.67. The molecule has 2 aliphatic rings. The number of carbonyl (C=O) groups is 2. The second-order valence-electron chi connectivity index (χ2n) is 7.34. The Hall–Kier alpha value is -3.29. The maximum absolute atomic E-state index is 13.9. The lowest BCUT2D eigenvalue weighted by atomic mass is 10.0. The van der Waals surface area contributed by atoms with Gasteiger partial charge in [-0.15, -0.1) is 0 Å². The molecule has 2 amide bonds. The van der Waals surface area contributed by atoms with E-state index in [1.54, 1.807) is 21.9 Å². The van der Waals surface area contributed by atoms with Gasteiger partial charge in [0, 0.05) is 49.8 Å². The molecule has 6 nitrogen and oxygen atoms in total. The molecule has 2 heterocycles. The van der Waals surface area contributed by atoms with Crippen molar-refractivity contribution in [2.75, 3.05) is 26.2 Å². The molecule has 0 spiro atoms. The van der Waals surface area contributed by atoms with E-state index in [1.165, 1.54) is 6.07 Å². The van der Waals surface area contributed by atoms with E-state index in [0.29, 0.717) is 37.5 Å². The zero-order valence-electron chi connectivity index (χ0n) is 16.3. The second-order valence-corrected chi connectivity index (χ2v) is 7.34. The maximum atomic E-state index is 13.9. The fourth-order valence-electron chi connectivity index (χ4n) is 3.67. The Bertz CT molecular complexity index is 973. The zero-order valence-corrected chi connectivity index (χ0v) is 16.3. The lowest BCUT2D eigenvalue weighted by Gasteiger charge is -2.35. The van der Waals surface area contributed by atoms with Crippen LogP contribution in [0.2, 0.25) is 0 Å². The predicted molar refractivity (Wildman–Crippen MR) is 106 cm³/mol. The van der Waals surface area contributed by atoms with Crippen LogP contribution in [0.1, 0.15) is 28.8 Å². The van der Waals surface area contributed by atoms with Crippen molar-refractivity contribution in [3.63, 3.8) is 0 Å². The van der Waals surface area contributed by atoms with Gasteiger partial charge in [0.25, 0.3) is 5.91 Å². The molecule has 0 N–H and O–H groups in total. The number of oxime groups is 1. The summed E-state index contributed by atoms with van der Waals surface area (Å²) in [6.45, 7) is 1.83. The Kier molecular flexibility index (Phi) is 5.74. The van der Waals surface area contributed by atoms with Gasteiger partial charge < -0.3 is 14.6 Å². The highest BCUT2D eigenvalue weighted by Gasteiger charge is 2.30. The van der Waals surface area contributed by atoms with Crippen molar-refractivity contribution in [2.45, 2.75) is 18.9 Å². The van der Waals surface area contributed by atoms with Crippen LogP contribution >= 0.6 is 0 Å². The van der Waals surface area contributed by atoms with Crippen molar-refractivity contribution < 1.29 is 23.2 Å². The minimum absolute atomic E-state index is 0.0406. The van der Waals surface area contributed by atoms with Crippen LogP contribution in [-0.4, -0.2) is 59.6 Å². The first kappa shape index (κ1) is 20.0. The van der Waals surface area contributed by atoms with E-state index < -0.39 is 17.7 Å². The van der Waals surface area contributed by atoms with Gasteiger partial charge in [-0.25, -0.2) is 8.78 Å². The monoisotopic (exact) mass is 413 g/mol. The van der Waals surface area contributed by atoms with E-state index in [-0.39, 0.29) is 30.2 Å². The van der Waals surface area contributed by atoms with Crippen LogP contribution in [-0.2, 0) is 9.63 Å². The molecule has 1 atom stereocenters. The quantitative estimate of drug-likeness (QED) is 0.775. The van der Waals surface area contributed by atoms with E-state index in [2.05, 4.69) is 5.16 Å². The van der Waals surface area contributed by atoms with Crippen molar-refractivity contribution >= 4 is 17.5 Å². The molecule has 4 rings (SSSR count). The van der Waals surface area contributed by atoms with Gasteiger partial charge >= 0.3 is 0 Å². The third-order valence-corrected chi connectivity index (χ3v) is 5.32. The van der Waals surface area contributed by atoms with Crippen LogP contribution in [0.5, 0.6) is 0 Å². The van der Waals surface area contributed by atoms with Gasteiger partial charge in [0.2, 0.25) is 5.91 Å². The van der Waals surface area contributed by atoms with Crippen LogP contribution in [0.3, 0.4) is 0 Å². The Morgan fingerprint density at radius 1 is 1.00 bits per heavy atom. The highest BCUT2D eigenvalue weighted by atomic mass is 19.1. The molecular formula is C22H21F2N3O3. The normalized spacial score (nSPS) is 18.7. The van der Waals surface area contributed by atoms with Crippen LogP contribution in [0.25, 0.3) is 0 Å². The molecule has 30 heavy (non-hydrogen) atoms. The third-order valence-electron chi connectivity index (χ3n) is 5.32. The summed E-state index contributed by atoms with van der Waals surface area (Å²) in [6.07, 6.45) is -0.0932. The summed E-state index contributed by atoms with van der Waals surface area (Å²) >= 11 is 0. The SMILES string of the molecule is O=C(CC1CC(c2ccc(F)cc2F)=NO1)N1CCN(C(=O)c2ccccc2)CC1. The molecule has 156 valence electrons. The average Bonchev–Trinajstić information content (AvgIpc) is 3.22. The smallest absolute Gasteiger partial charge is 0.253 e. The Labute approximate surface area is 172 Å². The van der Waals surface area contributed by atoms with Gasteiger partial charge in [-0.1, -0.05) is 23.4 Å². The van der Waals surface area contributed by atoms with Crippen LogP contribution in [0.4, 0.5) is 8.78 Å². The van der Waals surface area contributed by atoms with E-state index in [4.69, 9.17) is 4.84 Å². The van der Waals surface area contributed by atoms with Gasteiger partial charge in [0.15, 0.2) is 0 Å². The largest absolute Gasteiger partial charge is 0.391 e. The molecule has 1 saturated heterocycles. The molecule has 2 aromatic carbocycles. The first-order valence-corrected chi connectivity index (χ1v) is 9.81. The van der Waals surface area contributed by atoms with Crippen molar-refractivity contribution in [3.8, 4) is 0 Å². The summed E-state index contributed by atoms with van der Waals surface area (Å²) in [4.78, 5) is 33.9. The Morgan fingerprint density at radius 3 is 2.40 bits per heavy atom. The van der Waals surface area contributed by atoms with Crippen molar-refractivity contribution in [1.29, 1.82) is 0 Å². The Balaban J connectivity index is 1.27. The highest BCUT2D eigenvalue weighted by Crippen LogP contribution is 2.22. The molecule has 0 aromatic heterocycles. The highest BCUT2D eigenvalue weighted by molar-refractivity contribution is 6.01. The van der Waals surface area contributed by atoms with Gasteiger partial charge in [0.1, 0.15) is 17.7 Å². The molecule has 1 unspecified atom stereocenters. The number of hydrogen-bond acceptors (Lipinski definition) is 4. The lowest BCUT2D eigenvalue weighted by Crippen LogP contribution is -2.51. The first-order valence-electron chi connectivity index (χ1n) is 9.81. The second kappa shape index (κ2) is 8.61. The number of nitrogens with zero attached hydrogens (tertiary/aromatic N) is 3. The third kappa shape index (κ3) is 4.32. The van der Waals surface area contributed by atoms with Crippen molar-refractivity contribution in [2.24, 2.45) is 5.16 Å². The van der Waals surface area contributed by atoms with Gasteiger partial charge in [-0.3, -0.25) is 9.59 Å². The maximum Gasteiger partial charge on any atom is 0.253 e. The summed E-state index contributed by atoms with van der Waals surface area (Å²) in [7, 11) is 0. The molecule has 0 radical (unpaired) electrons. The van der Waals surface area contributed by atoms with Crippen LogP contribution < -0.4 is 0 Å². The summed E-state index contributed by atoms with van der Waals surface area (Å²) in [5.41, 5.74) is 1.18. The topological polar surface area (TPSA) is 62.2 Å². The number of benzene rings is 2. The molecular weight excluding hydrogens is 392 g/mol. The number of halogens is 2. The van der Waals surface area contributed by atoms with Crippen LogP contribution in [0.15, 0.2) is 53.7 Å².